The summed E-state index contributed by atoms with van der Waals surface area (Å²) in [5.41, 5.74) is 2.35. The Morgan fingerprint density at radius 3 is 2.70 bits per heavy atom. The van der Waals surface area contributed by atoms with E-state index < -0.39 is 0 Å². The third-order valence-electron chi connectivity index (χ3n) is 3.05. The van der Waals surface area contributed by atoms with E-state index in [-0.39, 0.29) is 0 Å². The summed E-state index contributed by atoms with van der Waals surface area (Å²) in [5.74, 6) is 1.02. The number of H-pyrrole nitrogens is 1. The summed E-state index contributed by atoms with van der Waals surface area (Å²) < 4.78 is 1.11. The van der Waals surface area contributed by atoms with Gasteiger partial charge in [0.2, 0.25) is 0 Å². The number of para-hydroxylation sites is 2. The van der Waals surface area contributed by atoms with Gasteiger partial charge in [0.25, 0.3) is 0 Å². The van der Waals surface area contributed by atoms with Crippen molar-refractivity contribution in [2.24, 2.45) is 0 Å². The second-order valence-corrected chi connectivity index (χ2v) is 6.47. The number of aromatic nitrogens is 1. The molecule has 2 aromatic carbocycles. The molecule has 4 heteroatoms. The van der Waals surface area contributed by atoms with Gasteiger partial charge in [-0.2, -0.15) is 0 Å². The number of nitrogens with one attached hydrogen (secondary N) is 2. The van der Waals surface area contributed by atoms with Gasteiger partial charge in [-0.1, -0.05) is 30.3 Å². The summed E-state index contributed by atoms with van der Waals surface area (Å²) in [6.07, 6.45) is 0. The van der Waals surface area contributed by atoms with E-state index >= 15 is 0 Å². The minimum Gasteiger partial charge on any atom is -0.383 e. The van der Waals surface area contributed by atoms with Crippen molar-refractivity contribution in [1.29, 1.82) is 0 Å². The summed E-state index contributed by atoms with van der Waals surface area (Å²) in [6.45, 7) is 0.933. The fourth-order valence-electron chi connectivity index (χ4n) is 2.08. The number of anilines is 1. The van der Waals surface area contributed by atoms with Crippen LogP contribution in [0.25, 0.3) is 10.9 Å². The van der Waals surface area contributed by atoms with E-state index in [4.69, 9.17) is 0 Å². The highest BCUT2D eigenvalue weighted by atomic mass is 79.9. The number of benzene rings is 2. The molecule has 2 N–H and O–H groups in total. The summed E-state index contributed by atoms with van der Waals surface area (Å²) in [4.78, 5) is 3.43. The predicted molar refractivity (Wildman–Crippen MR) is 91.7 cm³/mol. The van der Waals surface area contributed by atoms with Crippen LogP contribution < -0.4 is 5.32 Å². The Morgan fingerprint density at radius 2 is 1.85 bits per heavy atom. The molecule has 0 unspecified atom stereocenters. The lowest BCUT2D eigenvalue weighted by Crippen LogP contribution is -2.04. The van der Waals surface area contributed by atoms with Gasteiger partial charge < -0.3 is 10.3 Å². The van der Waals surface area contributed by atoms with Crippen LogP contribution in [0.15, 0.2) is 64.1 Å². The topological polar surface area (TPSA) is 27.8 Å². The Hall–Kier alpha value is -1.39. The Kier molecular flexibility index (Phi) is 4.33. The lowest BCUT2D eigenvalue weighted by Gasteiger charge is -2.07. The molecular weight excluding hydrogens is 332 g/mol. The first-order valence-corrected chi connectivity index (χ1v) is 8.30. The minimum absolute atomic E-state index is 0.933. The van der Waals surface area contributed by atoms with E-state index in [2.05, 4.69) is 62.6 Å². The molecular formula is C16H15BrN2S. The molecule has 0 amide bonds. The van der Waals surface area contributed by atoms with Crippen molar-refractivity contribution >= 4 is 44.3 Å². The molecule has 102 valence electrons. The van der Waals surface area contributed by atoms with Crippen molar-refractivity contribution in [3.8, 4) is 0 Å². The minimum atomic E-state index is 0.933. The summed E-state index contributed by atoms with van der Waals surface area (Å²) in [6, 6.07) is 18.8. The van der Waals surface area contributed by atoms with E-state index in [9.17, 15) is 0 Å². The molecule has 0 bridgehead atoms. The largest absolute Gasteiger partial charge is 0.383 e. The van der Waals surface area contributed by atoms with Gasteiger partial charge in [-0.05, 0) is 40.2 Å². The van der Waals surface area contributed by atoms with Crippen LogP contribution in [0.3, 0.4) is 0 Å². The monoisotopic (exact) mass is 346 g/mol. The molecule has 0 aliphatic carbocycles. The van der Waals surface area contributed by atoms with E-state index in [0.29, 0.717) is 0 Å². The summed E-state index contributed by atoms with van der Waals surface area (Å²) >= 11 is 5.38. The SMILES string of the molecule is Brc1ccccc1NCCSc1cc2ccccc2[nH]1. The molecule has 0 radical (unpaired) electrons. The third kappa shape index (κ3) is 3.19. The molecule has 3 aromatic rings. The van der Waals surface area contributed by atoms with Gasteiger partial charge in [-0.15, -0.1) is 11.8 Å². The Morgan fingerprint density at radius 1 is 1.05 bits per heavy atom. The average Bonchev–Trinajstić information content (AvgIpc) is 2.88. The predicted octanol–water partition coefficient (Wildman–Crippen LogP) is 5.13. The standard InChI is InChI=1S/C16H15BrN2S/c17-13-6-2-4-8-15(13)18-9-10-20-16-11-12-5-1-3-7-14(12)19-16/h1-8,11,18-19H,9-10H2. The van der Waals surface area contributed by atoms with E-state index in [0.717, 1.165) is 22.5 Å². The van der Waals surface area contributed by atoms with Crippen LogP contribution >= 0.6 is 27.7 Å². The van der Waals surface area contributed by atoms with Crippen molar-refractivity contribution in [1.82, 2.24) is 4.98 Å². The highest BCUT2D eigenvalue weighted by molar-refractivity contribution is 9.10. The number of rotatable bonds is 5. The van der Waals surface area contributed by atoms with Crippen molar-refractivity contribution in [2.75, 3.05) is 17.6 Å². The van der Waals surface area contributed by atoms with Crippen LogP contribution in [0.5, 0.6) is 0 Å². The average molecular weight is 347 g/mol. The van der Waals surface area contributed by atoms with Crippen molar-refractivity contribution < 1.29 is 0 Å². The van der Waals surface area contributed by atoms with Crippen LogP contribution in [0, 0.1) is 0 Å². The molecule has 0 atom stereocenters. The number of aromatic amines is 1. The zero-order valence-electron chi connectivity index (χ0n) is 10.9. The molecule has 0 aliphatic rings. The quantitative estimate of drug-likeness (QED) is 0.494. The van der Waals surface area contributed by atoms with Crippen LogP contribution in [-0.2, 0) is 0 Å². The van der Waals surface area contributed by atoms with Gasteiger partial charge in [0.05, 0.1) is 5.03 Å². The molecule has 20 heavy (non-hydrogen) atoms. The van der Waals surface area contributed by atoms with E-state index in [1.54, 1.807) is 0 Å². The van der Waals surface area contributed by atoms with E-state index in [1.165, 1.54) is 15.9 Å². The van der Waals surface area contributed by atoms with Crippen molar-refractivity contribution in [3.05, 3.63) is 59.1 Å². The first kappa shape index (κ1) is 13.6. The fourth-order valence-corrected chi connectivity index (χ4v) is 3.32. The van der Waals surface area contributed by atoms with Gasteiger partial charge in [-0.25, -0.2) is 0 Å². The summed E-state index contributed by atoms with van der Waals surface area (Å²) in [7, 11) is 0. The molecule has 0 spiro atoms. The first-order valence-electron chi connectivity index (χ1n) is 6.52. The maximum atomic E-state index is 3.54. The van der Waals surface area contributed by atoms with Crippen LogP contribution in [-0.4, -0.2) is 17.3 Å². The van der Waals surface area contributed by atoms with Crippen molar-refractivity contribution in [3.63, 3.8) is 0 Å². The lowest BCUT2D eigenvalue weighted by molar-refractivity contribution is 1.19. The summed E-state index contributed by atoms with van der Waals surface area (Å²) in [5, 5.41) is 5.93. The molecule has 0 fully saturated rings. The smallest absolute Gasteiger partial charge is 0.0733 e. The number of fused-ring (bicyclic) bond motifs is 1. The highest BCUT2D eigenvalue weighted by Gasteiger charge is 2.01. The number of halogens is 1. The molecule has 1 heterocycles. The first-order chi connectivity index (χ1) is 9.83. The Bertz CT molecular complexity index is 675. The second kappa shape index (κ2) is 6.37. The molecule has 1 aromatic heterocycles. The van der Waals surface area contributed by atoms with Crippen LogP contribution in [0.1, 0.15) is 0 Å². The maximum Gasteiger partial charge on any atom is 0.0733 e. The van der Waals surface area contributed by atoms with Gasteiger partial charge in [-0.3, -0.25) is 0 Å². The van der Waals surface area contributed by atoms with Crippen molar-refractivity contribution in [2.45, 2.75) is 5.03 Å². The van der Waals surface area contributed by atoms with Gasteiger partial charge >= 0.3 is 0 Å². The number of hydrogen-bond acceptors (Lipinski definition) is 2. The molecule has 2 nitrogen and oxygen atoms in total. The zero-order chi connectivity index (χ0) is 13.8. The van der Waals surface area contributed by atoms with Gasteiger partial charge in [0.15, 0.2) is 0 Å². The number of hydrogen-bond donors (Lipinski definition) is 2. The third-order valence-corrected chi connectivity index (χ3v) is 4.68. The van der Waals surface area contributed by atoms with Gasteiger partial charge in [0.1, 0.15) is 0 Å². The second-order valence-electron chi connectivity index (χ2n) is 4.48. The fraction of sp³-hybridized carbons (Fsp3) is 0.125. The molecule has 3 rings (SSSR count). The number of thioether (sulfide) groups is 1. The Balaban J connectivity index is 1.54. The van der Waals surface area contributed by atoms with Crippen LogP contribution in [0.4, 0.5) is 5.69 Å². The van der Waals surface area contributed by atoms with E-state index in [1.807, 2.05) is 30.0 Å². The normalized spacial score (nSPS) is 10.8. The lowest BCUT2D eigenvalue weighted by atomic mass is 10.3. The maximum absolute atomic E-state index is 3.54. The highest BCUT2D eigenvalue weighted by Crippen LogP contribution is 2.24. The molecule has 0 aliphatic heterocycles. The Labute approximate surface area is 131 Å². The zero-order valence-corrected chi connectivity index (χ0v) is 13.3. The van der Waals surface area contributed by atoms with Gasteiger partial charge in [0, 0.05) is 33.4 Å². The molecule has 0 saturated carbocycles. The molecule has 0 saturated heterocycles. The van der Waals surface area contributed by atoms with Crippen LogP contribution in [0.2, 0.25) is 0 Å².